The van der Waals surface area contributed by atoms with E-state index in [9.17, 15) is 4.57 Å². The van der Waals surface area contributed by atoms with Crippen molar-refractivity contribution in [3.63, 3.8) is 0 Å². The second kappa shape index (κ2) is 16.7. The monoisotopic (exact) mass is 366 g/mol. The third kappa shape index (κ3) is 14.1. The van der Waals surface area contributed by atoms with Gasteiger partial charge in [0.15, 0.2) is 0 Å². The van der Waals surface area contributed by atoms with Gasteiger partial charge in [-0.2, -0.15) is 0 Å². The molecule has 0 aliphatic rings. The van der Waals surface area contributed by atoms with Crippen LogP contribution >= 0.6 is 8.03 Å². The van der Waals surface area contributed by atoms with Crippen LogP contribution in [0.5, 0.6) is 5.75 Å². The highest BCUT2D eigenvalue weighted by molar-refractivity contribution is 7.39. The molecule has 1 rings (SSSR count). The first kappa shape index (κ1) is 22.3. The molecule has 1 aromatic carbocycles. The van der Waals surface area contributed by atoms with E-state index in [-0.39, 0.29) is 0 Å². The van der Waals surface area contributed by atoms with Crippen LogP contribution in [0.15, 0.2) is 30.3 Å². The van der Waals surface area contributed by atoms with Crippen LogP contribution in [0.1, 0.15) is 96.8 Å². The lowest BCUT2D eigenvalue weighted by Crippen LogP contribution is -1.88. The number of hydrogen-bond acceptors (Lipinski definition) is 2. The van der Waals surface area contributed by atoms with E-state index >= 15 is 0 Å². The Hall–Kier alpha value is -0.750. The van der Waals surface area contributed by atoms with E-state index in [1.54, 1.807) is 0 Å². The van der Waals surface area contributed by atoms with Crippen molar-refractivity contribution in [1.29, 1.82) is 0 Å². The van der Waals surface area contributed by atoms with Gasteiger partial charge in [-0.15, -0.1) is 0 Å². The minimum absolute atomic E-state index is 0.720. The van der Waals surface area contributed by atoms with Crippen molar-refractivity contribution >= 4 is 8.03 Å². The lowest BCUT2D eigenvalue weighted by atomic mass is 10.0. The second-order valence-electron chi connectivity index (χ2n) is 7.13. The lowest BCUT2D eigenvalue weighted by molar-refractivity contribution is 0.499. The molecule has 1 aromatic rings. The fraction of sp³-hybridized carbons (Fsp3) is 0.727. The van der Waals surface area contributed by atoms with E-state index < -0.39 is 8.03 Å². The Morgan fingerprint density at radius 1 is 0.680 bits per heavy atom. The normalized spacial score (nSPS) is 12.2. The summed E-state index contributed by atoms with van der Waals surface area (Å²) in [5.74, 6) is 0.733. The molecule has 0 heterocycles. The molecular formula is C22H39O2P. The number of rotatable bonds is 17. The predicted octanol–water partition coefficient (Wildman–Crippen LogP) is 8.02. The molecule has 3 heteroatoms. The summed E-state index contributed by atoms with van der Waals surface area (Å²) in [6.07, 6.45) is 19.6. The average molecular weight is 367 g/mol. The zero-order chi connectivity index (χ0) is 18.0. The first-order valence-electron chi connectivity index (χ1n) is 10.6. The fourth-order valence-corrected chi connectivity index (χ4v) is 4.17. The summed E-state index contributed by atoms with van der Waals surface area (Å²) in [5.41, 5.74) is 0. The standard InChI is InChI=1S/C22H39O2P/c1-2-3-4-5-6-7-8-9-10-11-12-13-14-18-21-25(23)24-22-19-16-15-17-20-22/h15-17,19-20,25H,2-14,18,21H2,1H3. The van der Waals surface area contributed by atoms with Crippen LogP contribution in [0.4, 0.5) is 0 Å². The van der Waals surface area contributed by atoms with E-state index in [1.165, 1.54) is 83.5 Å². The van der Waals surface area contributed by atoms with Crippen LogP contribution in [0.2, 0.25) is 0 Å². The van der Waals surface area contributed by atoms with Crippen LogP contribution in [0, 0.1) is 0 Å². The van der Waals surface area contributed by atoms with Gasteiger partial charge in [-0.25, -0.2) is 0 Å². The molecule has 2 nitrogen and oxygen atoms in total. The molecular weight excluding hydrogens is 327 g/mol. The predicted molar refractivity (Wildman–Crippen MR) is 111 cm³/mol. The summed E-state index contributed by atoms with van der Waals surface area (Å²) in [6, 6.07) is 9.51. The van der Waals surface area contributed by atoms with Crippen LogP contribution in [-0.4, -0.2) is 6.16 Å². The molecule has 0 aromatic heterocycles. The van der Waals surface area contributed by atoms with Gasteiger partial charge in [0.05, 0.1) is 0 Å². The van der Waals surface area contributed by atoms with Crippen LogP contribution < -0.4 is 4.52 Å². The Morgan fingerprint density at radius 2 is 1.12 bits per heavy atom. The smallest absolute Gasteiger partial charge is 0.236 e. The third-order valence-electron chi connectivity index (χ3n) is 4.71. The minimum atomic E-state index is -1.91. The third-order valence-corrected chi connectivity index (χ3v) is 5.93. The van der Waals surface area contributed by atoms with E-state index in [4.69, 9.17) is 4.52 Å². The molecule has 0 saturated carbocycles. The molecule has 0 aliphatic heterocycles. The molecule has 1 unspecified atom stereocenters. The van der Waals surface area contributed by atoms with Crippen molar-refractivity contribution in [2.75, 3.05) is 6.16 Å². The molecule has 0 radical (unpaired) electrons. The summed E-state index contributed by atoms with van der Waals surface area (Å²) in [4.78, 5) is 0. The SMILES string of the molecule is CCCCCCCCCCCCCCCC[PH](=O)Oc1ccccc1. The van der Waals surface area contributed by atoms with E-state index in [2.05, 4.69) is 6.92 Å². The molecule has 144 valence electrons. The van der Waals surface area contributed by atoms with E-state index in [0.717, 1.165) is 18.3 Å². The lowest BCUT2D eigenvalue weighted by Gasteiger charge is -2.06. The van der Waals surface area contributed by atoms with Crippen molar-refractivity contribution < 1.29 is 9.09 Å². The minimum Gasteiger partial charge on any atom is -0.445 e. The number of unbranched alkanes of at least 4 members (excludes halogenated alkanes) is 13. The summed E-state index contributed by atoms with van der Waals surface area (Å²) in [5, 5.41) is 0. The van der Waals surface area contributed by atoms with Gasteiger partial charge in [-0.3, -0.25) is 4.57 Å². The van der Waals surface area contributed by atoms with Crippen molar-refractivity contribution in [1.82, 2.24) is 0 Å². The molecule has 0 aliphatic carbocycles. The largest absolute Gasteiger partial charge is 0.445 e. The Labute approximate surface area is 156 Å². The maximum atomic E-state index is 11.9. The summed E-state index contributed by atoms with van der Waals surface area (Å²) in [6.45, 7) is 2.28. The Kier molecular flexibility index (Phi) is 14.9. The highest BCUT2D eigenvalue weighted by atomic mass is 31.1. The molecule has 0 N–H and O–H groups in total. The summed E-state index contributed by atoms with van der Waals surface area (Å²) in [7, 11) is -1.91. The van der Waals surface area contributed by atoms with Gasteiger partial charge < -0.3 is 4.52 Å². The van der Waals surface area contributed by atoms with Gasteiger partial charge in [0.1, 0.15) is 5.75 Å². The topological polar surface area (TPSA) is 26.3 Å². The Morgan fingerprint density at radius 3 is 1.60 bits per heavy atom. The van der Waals surface area contributed by atoms with Crippen LogP contribution in [-0.2, 0) is 4.57 Å². The fourth-order valence-electron chi connectivity index (χ4n) is 3.13. The van der Waals surface area contributed by atoms with Gasteiger partial charge >= 0.3 is 0 Å². The van der Waals surface area contributed by atoms with Crippen molar-refractivity contribution in [3.05, 3.63) is 30.3 Å². The molecule has 0 fully saturated rings. The van der Waals surface area contributed by atoms with Gasteiger partial charge in [0.25, 0.3) is 0 Å². The van der Waals surface area contributed by atoms with Crippen LogP contribution in [0.25, 0.3) is 0 Å². The maximum absolute atomic E-state index is 11.9. The molecule has 0 spiro atoms. The van der Waals surface area contributed by atoms with Gasteiger partial charge in [-0.1, -0.05) is 109 Å². The van der Waals surface area contributed by atoms with Crippen molar-refractivity contribution in [2.45, 2.75) is 96.8 Å². The first-order chi connectivity index (χ1) is 12.3. The average Bonchev–Trinajstić information content (AvgIpc) is 2.63. The van der Waals surface area contributed by atoms with Gasteiger partial charge in [-0.05, 0) is 18.6 Å². The Bertz CT molecular complexity index is 419. The van der Waals surface area contributed by atoms with Crippen molar-refractivity contribution in [3.8, 4) is 5.75 Å². The highest BCUT2D eigenvalue weighted by Gasteiger charge is 2.01. The van der Waals surface area contributed by atoms with Crippen LogP contribution in [0.3, 0.4) is 0 Å². The molecule has 25 heavy (non-hydrogen) atoms. The zero-order valence-corrected chi connectivity index (χ0v) is 17.3. The summed E-state index contributed by atoms with van der Waals surface area (Å²) >= 11 is 0. The molecule has 0 amide bonds. The molecule has 0 saturated heterocycles. The van der Waals surface area contributed by atoms with Crippen molar-refractivity contribution in [2.24, 2.45) is 0 Å². The molecule has 0 bridgehead atoms. The number of hydrogen-bond donors (Lipinski definition) is 0. The maximum Gasteiger partial charge on any atom is 0.236 e. The number of benzene rings is 1. The second-order valence-corrected chi connectivity index (χ2v) is 8.58. The molecule has 1 atom stereocenters. The zero-order valence-electron chi connectivity index (χ0n) is 16.3. The van der Waals surface area contributed by atoms with Gasteiger partial charge in [0.2, 0.25) is 8.03 Å². The van der Waals surface area contributed by atoms with Gasteiger partial charge in [0, 0.05) is 6.16 Å². The summed E-state index contributed by atoms with van der Waals surface area (Å²) < 4.78 is 17.4. The first-order valence-corrected chi connectivity index (χ1v) is 12.1. The quantitative estimate of drug-likeness (QED) is 0.206. The highest BCUT2D eigenvalue weighted by Crippen LogP contribution is 2.27. The number of para-hydroxylation sites is 1. The Balaban J connectivity index is 1.79. The van der Waals surface area contributed by atoms with E-state index in [0.29, 0.717) is 0 Å². The van der Waals surface area contributed by atoms with E-state index in [1.807, 2.05) is 30.3 Å².